The number of carbonyl (C=O) groups is 1. The fraction of sp³-hybridized carbons (Fsp3) is 0.308. The minimum Gasteiger partial charge on any atom is -0.329 e. The Labute approximate surface area is 95.0 Å². The lowest BCUT2D eigenvalue weighted by Gasteiger charge is -2.06. The summed E-state index contributed by atoms with van der Waals surface area (Å²) < 4.78 is 1.92. The Balaban J connectivity index is 2.84. The van der Waals surface area contributed by atoms with Crippen molar-refractivity contribution in [2.45, 2.75) is 20.3 Å². The molecule has 2 aromatic rings. The smallest absolute Gasteiger partial charge is 0.162 e. The van der Waals surface area contributed by atoms with Gasteiger partial charge in [0.15, 0.2) is 5.78 Å². The minimum absolute atomic E-state index is 0.104. The molecular formula is C13H16N2O. The molecule has 0 atom stereocenters. The lowest BCUT2D eigenvalue weighted by Crippen LogP contribution is -2.07. The first kappa shape index (κ1) is 10.7. The van der Waals surface area contributed by atoms with Crippen LogP contribution in [0.1, 0.15) is 29.8 Å². The summed E-state index contributed by atoms with van der Waals surface area (Å²) in [6, 6.07) is 6.10. The number of fused-ring (bicyclic) bond motifs is 1. The SMILES string of the molecule is CCc1cccc2c(C(C)=O)cn(NC)c12. The van der Waals surface area contributed by atoms with Gasteiger partial charge in [-0.2, -0.15) is 0 Å². The van der Waals surface area contributed by atoms with Crippen LogP contribution in [0, 0.1) is 0 Å². The monoisotopic (exact) mass is 216 g/mol. The molecule has 1 aromatic heterocycles. The van der Waals surface area contributed by atoms with E-state index in [1.54, 1.807) is 6.92 Å². The molecular weight excluding hydrogens is 200 g/mol. The number of nitrogens with one attached hydrogen (secondary N) is 1. The van der Waals surface area contributed by atoms with Gasteiger partial charge in [0.2, 0.25) is 0 Å². The van der Waals surface area contributed by atoms with Gasteiger partial charge in [0.05, 0.1) is 5.52 Å². The summed E-state index contributed by atoms with van der Waals surface area (Å²) in [5.74, 6) is 0.104. The van der Waals surface area contributed by atoms with Gasteiger partial charge < -0.3 is 5.43 Å². The summed E-state index contributed by atoms with van der Waals surface area (Å²) >= 11 is 0. The Morgan fingerprint density at radius 3 is 2.75 bits per heavy atom. The summed E-state index contributed by atoms with van der Waals surface area (Å²) in [5.41, 5.74) is 6.22. The van der Waals surface area contributed by atoms with Crippen LogP contribution in [0.4, 0.5) is 0 Å². The van der Waals surface area contributed by atoms with Gasteiger partial charge in [-0.05, 0) is 18.9 Å². The third-order valence-corrected chi connectivity index (χ3v) is 2.91. The molecule has 0 aliphatic heterocycles. The van der Waals surface area contributed by atoms with Gasteiger partial charge in [-0.1, -0.05) is 25.1 Å². The van der Waals surface area contributed by atoms with E-state index in [0.29, 0.717) is 0 Å². The topological polar surface area (TPSA) is 34.0 Å². The molecule has 2 rings (SSSR count). The number of aromatic nitrogens is 1. The van der Waals surface area contributed by atoms with E-state index in [1.165, 1.54) is 5.56 Å². The molecule has 0 saturated heterocycles. The summed E-state index contributed by atoms with van der Waals surface area (Å²) in [7, 11) is 1.86. The van der Waals surface area contributed by atoms with E-state index < -0.39 is 0 Å². The maximum atomic E-state index is 11.5. The average molecular weight is 216 g/mol. The van der Waals surface area contributed by atoms with Crippen LogP contribution in [0.15, 0.2) is 24.4 Å². The van der Waals surface area contributed by atoms with Crippen molar-refractivity contribution in [1.29, 1.82) is 0 Å². The standard InChI is InChI=1S/C13H16N2O/c1-4-10-6-5-7-11-12(9(2)16)8-15(14-3)13(10)11/h5-8,14H,4H2,1-3H3. The molecule has 1 heterocycles. The normalized spacial score (nSPS) is 10.7. The molecule has 0 spiro atoms. The van der Waals surface area contributed by atoms with Gasteiger partial charge in [0, 0.05) is 24.2 Å². The van der Waals surface area contributed by atoms with Crippen LogP contribution in [-0.2, 0) is 6.42 Å². The fourth-order valence-corrected chi connectivity index (χ4v) is 2.10. The van der Waals surface area contributed by atoms with Gasteiger partial charge in [-0.25, -0.2) is 0 Å². The zero-order valence-corrected chi connectivity index (χ0v) is 9.87. The molecule has 0 aliphatic carbocycles. The number of hydrogen-bond acceptors (Lipinski definition) is 2. The maximum Gasteiger partial charge on any atom is 0.162 e. The maximum absolute atomic E-state index is 11.5. The van der Waals surface area contributed by atoms with E-state index in [2.05, 4.69) is 18.4 Å². The van der Waals surface area contributed by atoms with E-state index in [4.69, 9.17) is 0 Å². The fourth-order valence-electron chi connectivity index (χ4n) is 2.10. The predicted octanol–water partition coefficient (Wildman–Crippen LogP) is 2.58. The lowest BCUT2D eigenvalue weighted by atomic mass is 10.1. The van der Waals surface area contributed by atoms with Crippen molar-refractivity contribution in [2.75, 3.05) is 12.5 Å². The molecule has 0 bridgehead atoms. The zero-order valence-electron chi connectivity index (χ0n) is 9.87. The number of ketones is 1. The number of rotatable bonds is 3. The second-order valence-electron chi connectivity index (χ2n) is 3.86. The first-order valence-electron chi connectivity index (χ1n) is 5.50. The first-order valence-corrected chi connectivity index (χ1v) is 5.50. The minimum atomic E-state index is 0.104. The van der Waals surface area contributed by atoms with E-state index in [-0.39, 0.29) is 5.78 Å². The van der Waals surface area contributed by atoms with Crippen LogP contribution in [-0.4, -0.2) is 17.5 Å². The Hall–Kier alpha value is -1.77. The van der Waals surface area contributed by atoms with Crippen molar-refractivity contribution >= 4 is 16.7 Å². The van der Waals surface area contributed by atoms with E-state index >= 15 is 0 Å². The van der Waals surface area contributed by atoms with Crippen LogP contribution in [0.25, 0.3) is 10.9 Å². The molecule has 3 heteroatoms. The largest absolute Gasteiger partial charge is 0.329 e. The summed E-state index contributed by atoms with van der Waals surface area (Å²) in [4.78, 5) is 11.5. The van der Waals surface area contributed by atoms with Gasteiger partial charge in [-0.3, -0.25) is 9.47 Å². The third-order valence-electron chi connectivity index (χ3n) is 2.91. The molecule has 1 N–H and O–H groups in total. The lowest BCUT2D eigenvalue weighted by molar-refractivity contribution is 0.101. The summed E-state index contributed by atoms with van der Waals surface area (Å²) in [6.45, 7) is 3.72. The van der Waals surface area contributed by atoms with E-state index in [9.17, 15) is 4.79 Å². The molecule has 0 amide bonds. The van der Waals surface area contributed by atoms with Crippen LogP contribution in [0.3, 0.4) is 0 Å². The molecule has 0 aliphatic rings. The van der Waals surface area contributed by atoms with Crippen molar-refractivity contribution in [1.82, 2.24) is 4.68 Å². The van der Waals surface area contributed by atoms with Crippen LogP contribution in [0.2, 0.25) is 0 Å². The van der Waals surface area contributed by atoms with E-state index in [0.717, 1.165) is 22.9 Å². The highest BCUT2D eigenvalue weighted by Gasteiger charge is 2.13. The number of aryl methyl sites for hydroxylation is 1. The Morgan fingerprint density at radius 1 is 1.44 bits per heavy atom. The molecule has 16 heavy (non-hydrogen) atoms. The zero-order chi connectivity index (χ0) is 11.7. The highest BCUT2D eigenvalue weighted by atomic mass is 16.1. The third kappa shape index (κ3) is 1.48. The number of para-hydroxylation sites is 1. The number of benzene rings is 1. The number of hydrogen-bond donors (Lipinski definition) is 1. The second kappa shape index (κ2) is 4.00. The summed E-state index contributed by atoms with van der Waals surface area (Å²) in [5, 5.41) is 1.03. The number of carbonyl (C=O) groups excluding carboxylic acids is 1. The molecule has 0 saturated carbocycles. The van der Waals surface area contributed by atoms with Crippen LogP contribution < -0.4 is 5.43 Å². The Bertz CT molecular complexity index is 540. The average Bonchev–Trinajstić information content (AvgIpc) is 2.67. The van der Waals surface area contributed by atoms with Crippen molar-refractivity contribution in [3.8, 4) is 0 Å². The molecule has 1 aromatic carbocycles. The first-order chi connectivity index (χ1) is 7.69. The van der Waals surface area contributed by atoms with Crippen molar-refractivity contribution in [3.63, 3.8) is 0 Å². The van der Waals surface area contributed by atoms with E-state index in [1.807, 2.05) is 30.1 Å². The Morgan fingerprint density at radius 2 is 2.19 bits per heavy atom. The molecule has 0 fully saturated rings. The summed E-state index contributed by atoms with van der Waals surface area (Å²) in [6.07, 6.45) is 2.83. The van der Waals surface area contributed by atoms with Gasteiger partial charge in [0.1, 0.15) is 0 Å². The Kier molecular flexibility index (Phi) is 2.69. The van der Waals surface area contributed by atoms with Crippen LogP contribution in [0.5, 0.6) is 0 Å². The number of Topliss-reactive ketones (excluding diaryl/α,β-unsaturated/α-hetero) is 1. The molecule has 0 unspecified atom stereocenters. The van der Waals surface area contributed by atoms with Gasteiger partial charge in [0.25, 0.3) is 0 Å². The quantitative estimate of drug-likeness (QED) is 0.800. The van der Waals surface area contributed by atoms with Crippen molar-refractivity contribution < 1.29 is 4.79 Å². The van der Waals surface area contributed by atoms with Crippen molar-refractivity contribution in [3.05, 3.63) is 35.5 Å². The van der Waals surface area contributed by atoms with Gasteiger partial charge in [-0.15, -0.1) is 0 Å². The van der Waals surface area contributed by atoms with Gasteiger partial charge >= 0.3 is 0 Å². The highest BCUT2D eigenvalue weighted by Crippen LogP contribution is 2.24. The second-order valence-corrected chi connectivity index (χ2v) is 3.86. The predicted molar refractivity (Wildman–Crippen MR) is 66.6 cm³/mol. The number of nitrogens with zero attached hydrogens (tertiary/aromatic N) is 1. The van der Waals surface area contributed by atoms with Crippen LogP contribution >= 0.6 is 0 Å². The molecule has 0 radical (unpaired) electrons. The highest BCUT2D eigenvalue weighted by molar-refractivity contribution is 6.07. The molecule has 3 nitrogen and oxygen atoms in total. The van der Waals surface area contributed by atoms with Crippen molar-refractivity contribution in [2.24, 2.45) is 0 Å². The molecule has 84 valence electrons.